The van der Waals surface area contributed by atoms with Gasteiger partial charge >= 0.3 is 0 Å². The fraction of sp³-hybridized carbons (Fsp3) is 0.333. The first kappa shape index (κ1) is 14.1. The van der Waals surface area contributed by atoms with Crippen LogP contribution < -0.4 is 5.73 Å². The van der Waals surface area contributed by atoms with Crippen LogP contribution in [0.3, 0.4) is 0 Å². The Balaban J connectivity index is 2.22. The molecule has 2 aromatic rings. The van der Waals surface area contributed by atoms with Gasteiger partial charge in [-0.1, -0.05) is 30.3 Å². The van der Waals surface area contributed by atoms with E-state index in [1.807, 2.05) is 44.2 Å². The number of anilines is 1. The van der Waals surface area contributed by atoms with Crippen molar-refractivity contribution in [1.82, 2.24) is 14.7 Å². The molecule has 0 unspecified atom stereocenters. The summed E-state index contributed by atoms with van der Waals surface area (Å²) in [5.74, 6) is 0.382. The van der Waals surface area contributed by atoms with Crippen LogP contribution >= 0.6 is 0 Å². The summed E-state index contributed by atoms with van der Waals surface area (Å²) in [5, 5.41) is 4.16. The second-order valence-corrected chi connectivity index (χ2v) is 5.09. The lowest BCUT2D eigenvalue weighted by Crippen LogP contribution is -2.36. The summed E-state index contributed by atoms with van der Waals surface area (Å²) in [6.45, 7) is 4.55. The van der Waals surface area contributed by atoms with Crippen molar-refractivity contribution in [1.29, 1.82) is 0 Å². The lowest BCUT2D eigenvalue weighted by molar-refractivity contribution is 0.0683. The zero-order valence-electron chi connectivity index (χ0n) is 12.1. The zero-order chi connectivity index (χ0) is 14.7. The molecule has 1 aromatic carbocycles. The highest BCUT2D eigenvalue weighted by molar-refractivity contribution is 5.93. The molecule has 1 aromatic heterocycles. The Hall–Kier alpha value is -2.30. The average molecular weight is 272 g/mol. The predicted molar refractivity (Wildman–Crippen MR) is 79.1 cm³/mol. The zero-order valence-corrected chi connectivity index (χ0v) is 12.1. The molecule has 0 bridgehead atoms. The van der Waals surface area contributed by atoms with E-state index < -0.39 is 0 Å². The Morgan fingerprint density at radius 1 is 1.35 bits per heavy atom. The minimum atomic E-state index is -0.101. The number of benzene rings is 1. The summed E-state index contributed by atoms with van der Waals surface area (Å²) in [6.07, 6.45) is 0. The Kier molecular flexibility index (Phi) is 4.08. The Labute approximate surface area is 119 Å². The summed E-state index contributed by atoms with van der Waals surface area (Å²) in [7, 11) is 1.73. The molecule has 5 nitrogen and oxygen atoms in total. The summed E-state index contributed by atoms with van der Waals surface area (Å²) in [6, 6.07) is 11.6. The molecule has 0 aliphatic heterocycles. The largest absolute Gasteiger partial charge is 0.384 e. The number of aromatic nitrogens is 2. The van der Waals surface area contributed by atoms with E-state index in [-0.39, 0.29) is 11.9 Å². The smallest absolute Gasteiger partial charge is 0.274 e. The lowest BCUT2D eigenvalue weighted by Gasteiger charge is -2.26. The quantitative estimate of drug-likeness (QED) is 0.926. The molecule has 20 heavy (non-hydrogen) atoms. The number of nitrogens with two attached hydrogens (primary N) is 1. The summed E-state index contributed by atoms with van der Waals surface area (Å²) in [5.41, 5.74) is 7.22. The highest BCUT2D eigenvalue weighted by Gasteiger charge is 2.21. The first-order valence-electron chi connectivity index (χ1n) is 6.63. The van der Waals surface area contributed by atoms with Crippen molar-refractivity contribution in [3.8, 4) is 0 Å². The second kappa shape index (κ2) is 5.77. The van der Waals surface area contributed by atoms with Gasteiger partial charge in [0.1, 0.15) is 5.82 Å². The molecule has 0 aliphatic carbocycles. The highest BCUT2D eigenvalue weighted by Crippen LogP contribution is 2.14. The molecule has 2 rings (SSSR count). The van der Waals surface area contributed by atoms with Gasteiger partial charge in [0, 0.05) is 25.7 Å². The molecular formula is C15H20N4O. The Morgan fingerprint density at radius 2 is 2.00 bits per heavy atom. The van der Waals surface area contributed by atoms with Crippen molar-refractivity contribution in [2.45, 2.75) is 26.4 Å². The van der Waals surface area contributed by atoms with Gasteiger partial charge in [0.25, 0.3) is 5.91 Å². The third-order valence-corrected chi connectivity index (χ3v) is 3.22. The van der Waals surface area contributed by atoms with Crippen LogP contribution in [-0.2, 0) is 13.6 Å². The van der Waals surface area contributed by atoms with E-state index in [0.717, 1.165) is 5.56 Å². The van der Waals surface area contributed by atoms with Crippen LogP contribution in [0.2, 0.25) is 0 Å². The SMILES string of the molecule is CC(C)N(Cc1ccccc1)C(=O)c1cc(N)n(C)n1. The lowest BCUT2D eigenvalue weighted by atomic mass is 10.1. The molecule has 0 saturated carbocycles. The molecule has 5 heteroatoms. The maximum absolute atomic E-state index is 12.6. The second-order valence-electron chi connectivity index (χ2n) is 5.09. The molecule has 0 atom stereocenters. The van der Waals surface area contributed by atoms with Gasteiger partial charge in [-0.25, -0.2) is 0 Å². The van der Waals surface area contributed by atoms with Crippen LogP contribution in [-0.4, -0.2) is 26.6 Å². The van der Waals surface area contributed by atoms with Crippen molar-refractivity contribution in [2.75, 3.05) is 5.73 Å². The maximum Gasteiger partial charge on any atom is 0.274 e. The molecular weight excluding hydrogens is 252 g/mol. The number of nitrogens with zero attached hydrogens (tertiary/aromatic N) is 3. The normalized spacial score (nSPS) is 10.8. The topological polar surface area (TPSA) is 64.2 Å². The minimum Gasteiger partial charge on any atom is -0.384 e. The third kappa shape index (κ3) is 2.99. The number of nitrogen functional groups attached to an aromatic ring is 1. The van der Waals surface area contributed by atoms with Crippen LogP contribution in [0.4, 0.5) is 5.82 Å². The number of carbonyl (C=O) groups is 1. The van der Waals surface area contributed by atoms with Crippen LogP contribution in [0.5, 0.6) is 0 Å². The predicted octanol–water partition coefficient (Wildman–Crippen LogP) is 2.05. The fourth-order valence-corrected chi connectivity index (χ4v) is 2.00. The molecule has 0 saturated heterocycles. The standard InChI is InChI=1S/C15H20N4O/c1-11(2)19(10-12-7-5-4-6-8-12)15(20)13-9-14(16)18(3)17-13/h4-9,11H,10,16H2,1-3H3. The number of amides is 1. The van der Waals surface area contributed by atoms with E-state index in [1.165, 1.54) is 4.68 Å². The Morgan fingerprint density at radius 3 is 2.50 bits per heavy atom. The molecule has 1 amide bonds. The van der Waals surface area contributed by atoms with Crippen LogP contribution in [0, 0.1) is 0 Å². The summed E-state index contributed by atoms with van der Waals surface area (Å²) in [4.78, 5) is 14.3. The van der Waals surface area contributed by atoms with E-state index in [1.54, 1.807) is 18.0 Å². The van der Waals surface area contributed by atoms with Crippen LogP contribution in [0.1, 0.15) is 29.9 Å². The van der Waals surface area contributed by atoms with Gasteiger partial charge in [0.05, 0.1) is 0 Å². The molecule has 0 spiro atoms. The van der Waals surface area contributed by atoms with E-state index in [9.17, 15) is 4.79 Å². The highest BCUT2D eigenvalue weighted by atomic mass is 16.2. The summed E-state index contributed by atoms with van der Waals surface area (Å²) >= 11 is 0. The van der Waals surface area contributed by atoms with Crippen molar-refractivity contribution in [3.05, 3.63) is 47.7 Å². The number of hydrogen-bond donors (Lipinski definition) is 1. The van der Waals surface area contributed by atoms with E-state index in [2.05, 4.69) is 5.10 Å². The minimum absolute atomic E-state index is 0.0888. The third-order valence-electron chi connectivity index (χ3n) is 3.22. The van der Waals surface area contributed by atoms with Crippen molar-refractivity contribution >= 4 is 11.7 Å². The van der Waals surface area contributed by atoms with Gasteiger partial charge in [0.15, 0.2) is 5.69 Å². The monoisotopic (exact) mass is 272 g/mol. The average Bonchev–Trinajstić information content (AvgIpc) is 2.76. The van der Waals surface area contributed by atoms with Gasteiger partial charge < -0.3 is 10.6 Å². The molecule has 0 aliphatic rings. The van der Waals surface area contributed by atoms with Gasteiger partial charge in [0.2, 0.25) is 0 Å². The van der Waals surface area contributed by atoms with Crippen molar-refractivity contribution < 1.29 is 4.79 Å². The van der Waals surface area contributed by atoms with Gasteiger partial charge in [-0.05, 0) is 19.4 Å². The molecule has 106 valence electrons. The fourth-order valence-electron chi connectivity index (χ4n) is 2.00. The van der Waals surface area contributed by atoms with Crippen molar-refractivity contribution in [3.63, 3.8) is 0 Å². The van der Waals surface area contributed by atoms with E-state index >= 15 is 0 Å². The maximum atomic E-state index is 12.6. The van der Waals surface area contributed by atoms with Crippen molar-refractivity contribution in [2.24, 2.45) is 7.05 Å². The number of carbonyl (C=O) groups excluding carboxylic acids is 1. The van der Waals surface area contributed by atoms with Crippen LogP contribution in [0.25, 0.3) is 0 Å². The Bertz CT molecular complexity index is 570. The first-order chi connectivity index (χ1) is 9.49. The summed E-state index contributed by atoms with van der Waals surface area (Å²) < 4.78 is 1.51. The van der Waals surface area contributed by atoms with Crippen LogP contribution in [0.15, 0.2) is 36.4 Å². The van der Waals surface area contributed by atoms with E-state index in [0.29, 0.717) is 18.1 Å². The van der Waals surface area contributed by atoms with Gasteiger partial charge in [-0.3, -0.25) is 9.48 Å². The van der Waals surface area contributed by atoms with Gasteiger partial charge in [-0.2, -0.15) is 5.10 Å². The first-order valence-corrected chi connectivity index (χ1v) is 6.63. The van der Waals surface area contributed by atoms with Gasteiger partial charge in [-0.15, -0.1) is 0 Å². The van der Waals surface area contributed by atoms with E-state index in [4.69, 9.17) is 5.73 Å². The molecule has 0 radical (unpaired) electrons. The number of hydrogen-bond acceptors (Lipinski definition) is 3. The number of aryl methyl sites for hydroxylation is 1. The number of rotatable bonds is 4. The molecule has 2 N–H and O–H groups in total. The molecule has 0 fully saturated rings. The molecule has 1 heterocycles.